The van der Waals surface area contributed by atoms with Gasteiger partial charge in [0.2, 0.25) is 0 Å². The average molecular weight is 138 g/mol. The molecule has 1 atom stereocenters. The number of hydrogen-bond acceptors (Lipinski definition) is 0. The zero-order chi connectivity index (χ0) is 7.40. The predicted molar refractivity (Wildman–Crippen MR) is 46.0 cm³/mol. The van der Waals surface area contributed by atoms with Crippen molar-refractivity contribution in [3.05, 3.63) is 11.6 Å². The van der Waals surface area contributed by atoms with Crippen LogP contribution >= 0.6 is 0 Å². The van der Waals surface area contributed by atoms with Crippen molar-refractivity contribution in [2.75, 3.05) is 0 Å². The van der Waals surface area contributed by atoms with Gasteiger partial charge in [-0.15, -0.1) is 0 Å². The van der Waals surface area contributed by atoms with Crippen LogP contribution in [-0.4, -0.2) is 0 Å². The molecule has 0 aromatic heterocycles. The Labute approximate surface area is 64.3 Å². The summed E-state index contributed by atoms with van der Waals surface area (Å²) in [5.74, 6) is 1.02. The normalized spacial score (nSPS) is 29.8. The first-order chi connectivity index (χ1) is 4.86. The van der Waals surface area contributed by atoms with Gasteiger partial charge in [-0.1, -0.05) is 31.4 Å². The molecule has 0 aromatic carbocycles. The van der Waals surface area contributed by atoms with Gasteiger partial charge in [-0.3, -0.25) is 0 Å². The van der Waals surface area contributed by atoms with Gasteiger partial charge in [0.15, 0.2) is 0 Å². The van der Waals surface area contributed by atoms with E-state index in [1.807, 2.05) is 0 Å². The lowest BCUT2D eigenvalue weighted by Crippen LogP contribution is -1.90. The second kappa shape index (κ2) is 3.80. The zero-order valence-corrected chi connectivity index (χ0v) is 7.19. The molecular weight excluding hydrogens is 120 g/mol. The highest BCUT2D eigenvalue weighted by atomic mass is 14.2. The van der Waals surface area contributed by atoms with Crippen LogP contribution in [0.15, 0.2) is 11.6 Å². The van der Waals surface area contributed by atoms with Crippen LogP contribution in [0.4, 0.5) is 0 Å². The minimum Gasteiger partial charge on any atom is -0.0884 e. The first kappa shape index (κ1) is 7.84. The molecule has 0 nitrogen and oxygen atoms in total. The van der Waals surface area contributed by atoms with Gasteiger partial charge >= 0.3 is 0 Å². The molecule has 1 rings (SSSR count). The third kappa shape index (κ3) is 1.86. The Hall–Kier alpha value is -0.260. The van der Waals surface area contributed by atoms with Crippen LogP contribution in [0, 0.1) is 5.92 Å². The Bertz CT molecular complexity index is 122. The first-order valence-electron chi connectivity index (χ1n) is 4.50. The van der Waals surface area contributed by atoms with Crippen LogP contribution in [-0.2, 0) is 0 Å². The summed E-state index contributed by atoms with van der Waals surface area (Å²) in [6.45, 7) is 4.46. The van der Waals surface area contributed by atoms with Crippen molar-refractivity contribution < 1.29 is 0 Å². The van der Waals surface area contributed by atoms with E-state index in [9.17, 15) is 0 Å². The smallest absolute Gasteiger partial charge is 0.0292 e. The lowest BCUT2D eigenvalue weighted by Gasteiger charge is -2.03. The fourth-order valence-electron chi connectivity index (χ4n) is 1.88. The molecule has 0 heterocycles. The molecule has 0 aliphatic heterocycles. The molecular formula is C10H18. The van der Waals surface area contributed by atoms with Crippen molar-refractivity contribution in [1.29, 1.82) is 0 Å². The second-order valence-electron chi connectivity index (χ2n) is 3.34. The van der Waals surface area contributed by atoms with Gasteiger partial charge in [0.05, 0.1) is 0 Å². The van der Waals surface area contributed by atoms with Crippen molar-refractivity contribution in [2.45, 2.75) is 46.0 Å². The highest BCUT2D eigenvalue weighted by molar-refractivity contribution is 5.06. The Morgan fingerprint density at radius 1 is 1.60 bits per heavy atom. The molecule has 0 saturated heterocycles. The Morgan fingerprint density at radius 2 is 2.40 bits per heavy atom. The maximum absolute atomic E-state index is 2.30. The van der Waals surface area contributed by atoms with Gasteiger partial charge in [0.1, 0.15) is 0 Å². The summed E-state index contributed by atoms with van der Waals surface area (Å²) in [4.78, 5) is 0. The topological polar surface area (TPSA) is 0 Å². The standard InChI is InChI=1S/C10H18/c1-3-5-10-7-6-9(4-2)8-10/h4,10H,3,5-8H2,1-2H3/b9-4+. The predicted octanol–water partition coefficient (Wildman–Crippen LogP) is 3.53. The van der Waals surface area contributed by atoms with Gasteiger partial charge in [-0.05, 0) is 32.1 Å². The van der Waals surface area contributed by atoms with E-state index in [-0.39, 0.29) is 0 Å². The Kier molecular flexibility index (Phi) is 2.98. The third-order valence-corrected chi connectivity index (χ3v) is 2.53. The van der Waals surface area contributed by atoms with Crippen LogP contribution < -0.4 is 0 Å². The van der Waals surface area contributed by atoms with Crippen LogP contribution in [0.5, 0.6) is 0 Å². The van der Waals surface area contributed by atoms with Crippen LogP contribution in [0.1, 0.15) is 46.0 Å². The lowest BCUT2D eigenvalue weighted by molar-refractivity contribution is 0.503. The van der Waals surface area contributed by atoms with E-state index in [4.69, 9.17) is 0 Å². The summed E-state index contributed by atoms with van der Waals surface area (Å²) < 4.78 is 0. The summed E-state index contributed by atoms with van der Waals surface area (Å²) in [5, 5.41) is 0. The lowest BCUT2D eigenvalue weighted by atomic mass is 10.0. The van der Waals surface area contributed by atoms with E-state index in [0.717, 1.165) is 5.92 Å². The van der Waals surface area contributed by atoms with E-state index < -0.39 is 0 Å². The van der Waals surface area contributed by atoms with Crippen molar-refractivity contribution in [3.8, 4) is 0 Å². The van der Waals surface area contributed by atoms with Crippen LogP contribution in [0.25, 0.3) is 0 Å². The number of rotatable bonds is 2. The molecule has 58 valence electrons. The maximum Gasteiger partial charge on any atom is -0.0292 e. The van der Waals surface area contributed by atoms with Crippen molar-refractivity contribution in [1.82, 2.24) is 0 Å². The molecule has 0 heteroatoms. The minimum atomic E-state index is 1.02. The van der Waals surface area contributed by atoms with Gasteiger partial charge in [0, 0.05) is 0 Å². The number of allylic oxidation sites excluding steroid dienone is 2. The molecule has 0 amide bonds. The summed E-state index contributed by atoms with van der Waals surface area (Å²) in [6, 6.07) is 0. The van der Waals surface area contributed by atoms with Crippen molar-refractivity contribution in [2.24, 2.45) is 5.92 Å². The summed E-state index contributed by atoms with van der Waals surface area (Å²) in [6.07, 6.45) is 9.33. The summed E-state index contributed by atoms with van der Waals surface area (Å²) >= 11 is 0. The van der Waals surface area contributed by atoms with Crippen molar-refractivity contribution >= 4 is 0 Å². The van der Waals surface area contributed by atoms with E-state index in [1.165, 1.54) is 32.1 Å². The highest BCUT2D eigenvalue weighted by Crippen LogP contribution is 2.32. The Morgan fingerprint density at radius 3 is 2.90 bits per heavy atom. The molecule has 1 aliphatic rings. The number of hydrogen-bond donors (Lipinski definition) is 0. The molecule has 1 fully saturated rings. The summed E-state index contributed by atoms with van der Waals surface area (Å²) in [5.41, 5.74) is 1.69. The quantitative estimate of drug-likeness (QED) is 0.512. The Balaban J connectivity index is 2.29. The maximum atomic E-state index is 2.30. The van der Waals surface area contributed by atoms with Crippen molar-refractivity contribution in [3.63, 3.8) is 0 Å². The summed E-state index contributed by atoms with van der Waals surface area (Å²) in [7, 11) is 0. The first-order valence-corrected chi connectivity index (χ1v) is 4.50. The van der Waals surface area contributed by atoms with E-state index in [2.05, 4.69) is 19.9 Å². The molecule has 0 N–H and O–H groups in total. The second-order valence-corrected chi connectivity index (χ2v) is 3.34. The fourth-order valence-corrected chi connectivity index (χ4v) is 1.88. The molecule has 0 spiro atoms. The van der Waals surface area contributed by atoms with E-state index in [0.29, 0.717) is 0 Å². The van der Waals surface area contributed by atoms with Gasteiger partial charge in [0.25, 0.3) is 0 Å². The van der Waals surface area contributed by atoms with Gasteiger partial charge < -0.3 is 0 Å². The fraction of sp³-hybridized carbons (Fsp3) is 0.800. The molecule has 1 saturated carbocycles. The van der Waals surface area contributed by atoms with Gasteiger partial charge in [-0.2, -0.15) is 0 Å². The molecule has 1 aliphatic carbocycles. The van der Waals surface area contributed by atoms with Crippen LogP contribution in [0.2, 0.25) is 0 Å². The molecule has 10 heavy (non-hydrogen) atoms. The molecule has 0 aromatic rings. The average Bonchev–Trinajstić information content (AvgIpc) is 2.37. The molecule has 0 radical (unpaired) electrons. The van der Waals surface area contributed by atoms with Gasteiger partial charge in [-0.25, -0.2) is 0 Å². The van der Waals surface area contributed by atoms with E-state index >= 15 is 0 Å². The largest absolute Gasteiger partial charge is 0.0884 e. The molecule has 0 bridgehead atoms. The monoisotopic (exact) mass is 138 g/mol. The minimum absolute atomic E-state index is 1.02. The third-order valence-electron chi connectivity index (χ3n) is 2.53. The van der Waals surface area contributed by atoms with Crippen LogP contribution in [0.3, 0.4) is 0 Å². The zero-order valence-electron chi connectivity index (χ0n) is 7.19. The van der Waals surface area contributed by atoms with E-state index in [1.54, 1.807) is 5.57 Å². The molecule has 1 unspecified atom stereocenters. The SMILES string of the molecule is C/C=C1\CCC(CCC)C1. The highest BCUT2D eigenvalue weighted by Gasteiger charge is 2.16.